The fourth-order valence-electron chi connectivity index (χ4n) is 4.37. The van der Waals surface area contributed by atoms with Gasteiger partial charge in [0.1, 0.15) is 23.0 Å². The zero-order chi connectivity index (χ0) is 26.7. The van der Waals surface area contributed by atoms with E-state index in [-0.39, 0.29) is 34.6 Å². The molecule has 1 unspecified atom stereocenters. The van der Waals surface area contributed by atoms with Crippen molar-refractivity contribution >= 4 is 29.1 Å². The average Bonchev–Trinajstić information content (AvgIpc) is 3.14. The van der Waals surface area contributed by atoms with Crippen LogP contribution in [0.15, 0.2) is 72.3 Å². The molecule has 1 amide bonds. The zero-order valence-corrected chi connectivity index (χ0v) is 21.8. The van der Waals surface area contributed by atoms with Crippen LogP contribution in [0.3, 0.4) is 0 Å². The van der Waals surface area contributed by atoms with Gasteiger partial charge in [0, 0.05) is 11.1 Å². The van der Waals surface area contributed by atoms with Crippen molar-refractivity contribution in [1.29, 1.82) is 0 Å². The number of likely N-dealkylation sites (tertiary alicyclic amines) is 1. The summed E-state index contributed by atoms with van der Waals surface area (Å²) in [6.45, 7) is 3.94. The largest absolute Gasteiger partial charge is 0.507 e. The van der Waals surface area contributed by atoms with E-state index in [0.29, 0.717) is 22.8 Å². The first-order valence-corrected chi connectivity index (χ1v) is 12.1. The number of methoxy groups -OCH3 is 2. The van der Waals surface area contributed by atoms with Crippen LogP contribution in [0.2, 0.25) is 5.02 Å². The van der Waals surface area contributed by atoms with Crippen LogP contribution < -0.4 is 14.2 Å². The summed E-state index contributed by atoms with van der Waals surface area (Å²) in [4.78, 5) is 28.2. The van der Waals surface area contributed by atoms with Gasteiger partial charge in [0.2, 0.25) is 0 Å². The van der Waals surface area contributed by atoms with Crippen molar-refractivity contribution in [3.05, 3.63) is 94.0 Å². The van der Waals surface area contributed by atoms with Crippen LogP contribution in [0, 0.1) is 0 Å². The minimum atomic E-state index is -0.875. The smallest absolute Gasteiger partial charge is 0.295 e. The molecule has 8 heteroatoms. The number of carbonyl (C=O) groups is 2. The van der Waals surface area contributed by atoms with E-state index in [1.807, 2.05) is 32.0 Å². The molecular formula is C29H28ClNO6. The van der Waals surface area contributed by atoms with Gasteiger partial charge in [0.25, 0.3) is 11.7 Å². The van der Waals surface area contributed by atoms with Crippen molar-refractivity contribution in [3.8, 4) is 17.2 Å². The molecule has 0 radical (unpaired) electrons. The number of para-hydroxylation sites is 1. The molecule has 4 rings (SSSR count). The maximum atomic E-state index is 13.4. The van der Waals surface area contributed by atoms with Crippen molar-refractivity contribution in [2.75, 3.05) is 14.2 Å². The lowest BCUT2D eigenvalue weighted by Crippen LogP contribution is -2.29. The number of ketones is 1. The molecule has 37 heavy (non-hydrogen) atoms. The lowest BCUT2D eigenvalue weighted by atomic mass is 9.95. The summed E-state index contributed by atoms with van der Waals surface area (Å²) in [5.74, 6) is -0.244. The fraction of sp³-hybridized carbons (Fsp3) is 0.241. The van der Waals surface area contributed by atoms with Crippen LogP contribution in [0.25, 0.3) is 5.76 Å². The molecular weight excluding hydrogens is 494 g/mol. The van der Waals surface area contributed by atoms with Gasteiger partial charge in [0.15, 0.2) is 0 Å². The van der Waals surface area contributed by atoms with Crippen LogP contribution in [-0.4, -0.2) is 42.0 Å². The predicted octanol–water partition coefficient (Wildman–Crippen LogP) is 5.77. The number of rotatable bonds is 8. The van der Waals surface area contributed by atoms with Gasteiger partial charge < -0.3 is 24.2 Å². The van der Waals surface area contributed by atoms with Gasteiger partial charge in [-0.05, 0) is 55.8 Å². The molecule has 0 aromatic heterocycles. The fourth-order valence-corrected chi connectivity index (χ4v) is 4.57. The molecule has 0 aliphatic carbocycles. The Bertz CT molecular complexity index is 1350. The van der Waals surface area contributed by atoms with E-state index in [1.165, 1.54) is 18.1 Å². The predicted molar refractivity (Wildman–Crippen MR) is 141 cm³/mol. The lowest BCUT2D eigenvalue weighted by molar-refractivity contribution is -0.140. The van der Waals surface area contributed by atoms with Gasteiger partial charge in [-0.3, -0.25) is 9.59 Å². The number of aliphatic hydroxyl groups excluding tert-OH is 1. The Kier molecular flexibility index (Phi) is 7.74. The average molecular weight is 522 g/mol. The molecule has 1 fully saturated rings. The number of hydrogen-bond donors (Lipinski definition) is 1. The van der Waals surface area contributed by atoms with Gasteiger partial charge in [-0.1, -0.05) is 41.9 Å². The summed E-state index contributed by atoms with van der Waals surface area (Å²) in [6, 6.07) is 18.2. The lowest BCUT2D eigenvalue weighted by Gasteiger charge is -2.26. The quantitative estimate of drug-likeness (QED) is 0.230. The topological polar surface area (TPSA) is 85.3 Å². The molecule has 0 bridgehead atoms. The van der Waals surface area contributed by atoms with E-state index in [0.717, 1.165) is 5.56 Å². The van der Waals surface area contributed by atoms with Crippen molar-refractivity contribution in [2.24, 2.45) is 0 Å². The number of nitrogens with zero attached hydrogens (tertiary/aromatic N) is 1. The standard InChI is InChI=1S/C29H28ClNO6/c1-17(2)37-20-11-9-18(10-12-20)26-25(27(32)22-15-21(35-3)13-14-23(22)30)28(33)29(34)31(26)16-19-7-5-6-8-24(19)36-4/h5-15,17,26,32H,16H2,1-4H3/b27-25+. The second-order valence-electron chi connectivity index (χ2n) is 8.82. The van der Waals surface area contributed by atoms with E-state index in [2.05, 4.69) is 0 Å². The first-order valence-electron chi connectivity index (χ1n) is 11.8. The Labute approximate surface area is 220 Å². The number of hydrogen-bond acceptors (Lipinski definition) is 6. The first-order chi connectivity index (χ1) is 17.7. The van der Waals surface area contributed by atoms with Crippen LogP contribution in [0.4, 0.5) is 0 Å². The summed E-state index contributed by atoms with van der Waals surface area (Å²) < 4.78 is 16.5. The molecule has 1 heterocycles. The highest BCUT2D eigenvalue weighted by atomic mass is 35.5. The number of benzene rings is 3. The summed E-state index contributed by atoms with van der Waals surface area (Å²) >= 11 is 6.39. The van der Waals surface area contributed by atoms with Crippen LogP contribution in [0.5, 0.6) is 17.2 Å². The van der Waals surface area contributed by atoms with Crippen LogP contribution >= 0.6 is 11.6 Å². The number of Topliss-reactive ketones (excluding diaryl/α,β-unsaturated/α-hetero) is 1. The van der Waals surface area contributed by atoms with Gasteiger partial charge in [-0.15, -0.1) is 0 Å². The highest BCUT2D eigenvalue weighted by molar-refractivity contribution is 6.47. The van der Waals surface area contributed by atoms with Crippen molar-refractivity contribution in [2.45, 2.75) is 32.5 Å². The minimum absolute atomic E-state index is 0.0164. The summed E-state index contributed by atoms with van der Waals surface area (Å²) in [7, 11) is 3.03. The third-order valence-corrected chi connectivity index (χ3v) is 6.40. The molecule has 1 saturated heterocycles. The SMILES string of the molecule is COc1ccc(Cl)c(/C(O)=C2\C(=O)C(=O)N(Cc3ccccc3OC)C2c2ccc(OC(C)C)cc2)c1. The van der Waals surface area contributed by atoms with E-state index in [9.17, 15) is 14.7 Å². The summed E-state index contributed by atoms with van der Waals surface area (Å²) in [5, 5.41) is 11.6. The number of carbonyl (C=O) groups excluding carboxylic acids is 2. The molecule has 192 valence electrons. The highest BCUT2D eigenvalue weighted by Crippen LogP contribution is 2.42. The third kappa shape index (κ3) is 5.27. The van der Waals surface area contributed by atoms with E-state index < -0.39 is 17.7 Å². The van der Waals surface area contributed by atoms with Gasteiger partial charge in [0.05, 0.1) is 43.5 Å². The normalized spacial score (nSPS) is 16.8. The second-order valence-corrected chi connectivity index (χ2v) is 9.23. The van der Waals surface area contributed by atoms with Crippen LogP contribution in [0.1, 0.15) is 36.6 Å². The Balaban J connectivity index is 1.87. The molecule has 7 nitrogen and oxygen atoms in total. The Morgan fingerprint density at radius 2 is 1.65 bits per heavy atom. The molecule has 0 saturated carbocycles. The number of halogens is 1. The number of amides is 1. The monoisotopic (exact) mass is 521 g/mol. The number of aliphatic hydroxyl groups is 1. The van der Waals surface area contributed by atoms with Gasteiger partial charge in [-0.25, -0.2) is 0 Å². The highest BCUT2D eigenvalue weighted by Gasteiger charge is 2.46. The maximum Gasteiger partial charge on any atom is 0.295 e. The Morgan fingerprint density at radius 1 is 0.973 bits per heavy atom. The van der Waals surface area contributed by atoms with E-state index in [4.69, 9.17) is 25.8 Å². The minimum Gasteiger partial charge on any atom is -0.507 e. The third-order valence-electron chi connectivity index (χ3n) is 6.07. The first kappa shape index (κ1) is 26.1. The van der Waals surface area contributed by atoms with Crippen molar-refractivity contribution < 1.29 is 28.9 Å². The second kappa shape index (κ2) is 11.0. The molecule has 0 spiro atoms. The summed E-state index contributed by atoms with van der Waals surface area (Å²) in [5.41, 5.74) is 1.48. The zero-order valence-electron chi connectivity index (χ0n) is 21.0. The molecule has 1 aliphatic heterocycles. The Morgan fingerprint density at radius 3 is 2.30 bits per heavy atom. The Hall–Kier alpha value is -3.97. The molecule has 1 N–H and O–H groups in total. The maximum absolute atomic E-state index is 13.4. The summed E-state index contributed by atoms with van der Waals surface area (Å²) in [6.07, 6.45) is -0.0164. The van der Waals surface area contributed by atoms with E-state index >= 15 is 0 Å². The molecule has 1 atom stereocenters. The van der Waals surface area contributed by atoms with E-state index in [1.54, 1.807) is 49.6 Å². The van der Waals surface area contributed by atoms with Crippen molar-refractivity contribution in [3.63, 3.8) is 0 Å². The van der Waals surface area contributed by atoms with Crippen molar-refractivity contribution in [1.82, 2.24) is 4.90 Å². The molecule has 1 aliphatic rings. The van der Waals surface area contributed by atoms with Gasteiger partial charge in [-0.2, -0.15) is 0 Å². The van der Waals surface area contributed by atoms with Gasteiger partial charge >= 0.3 is 0 Å². The molecule has 3 aromatic carbocycles. The molecule has 3 aromatic rings. The van der Waals surface area contributed by atoms with Crippen LogP contribution in [-0.2, 0) is 16.1 Å². The number of ether oxygens (including phenoxy) is 3.